The van der Waals surface area contributed by atoms with Gasteiger partial charge in [-0.2, -0.15) is 0 Å². The van der Waals surface area contributed by atoms with Crippen molar-refractivity contribution >= 4 is 22.4 Å². The predicted octanol–water partition coefficient (Wildman–Crippen LogP) is 3.92. The van der Waals surface area contributed by atoms with E-state index in [4.69, 9.17) is 16.3 Å². The summed E-state index contributed by atoms with van der Waals surface area (Å²) < 4.78 is 17.5. The standard InChI is InChI=1S/C15H15ClO2S/c16-14-9-4-5-10-15(14)18-11-6-12-19(17)13-7-2-1-3-8-13/h1-5,7-10H,6,11-12H2. The average molecular weight is 295 g/mol. The van der Waals surface area contributed by atoms with Gasteiger partial charge in [-0.3, -0.25) is 4.21 Å². The smallest absolute Gasteiger partial charge is 0.137 e. The molecule has 100 valence electrons. The van der Waals surface area contributed by atoms with Crippen molar-refractivity contribution in [1.29, 1.82) is 0 Å². The molecule has 0 heterocycles. The molecule has 2 aromatic carbocycles. The van der Waals surface area contributed by atoms with Crippen molar-refractivity contribution in [3.63, 3.8) is 0 Å². The predicted molar refractivity (Wildman–Crippen MR) is 79.3 cm³/mol. The Morgan fingerprint density at radius 2 is 1.68 bits per heavy atom. The molecule has 0 spiro atoms. The van der Waals surface area contributed by atoms with Crippen molar-refractivity contribution in [3.05, 3.63) is 59.6 Å². The Bertz CT molecular complexity index is 543. The molecule has 0 N–H and O–H groups in total. The van der Waals surface area contributed by atoms with Gasteiger partial charge in [0.1, 0.15) is 5.75 Å². The molecule has 0 fully saturated rings. The lowest BCUT2D eigenvalue weighted by Crippen LogP contribution is -2.05. The van der Waals surface area contributed by atoms with Gasteiger partial charge >= 0.3 is 0 Å². The Labute approximate surface area is 120 Å². The molecular formula is C15H15ClO2S. The molecule has 19 heavy (non-hydrogen) atoms. The summed E-state index contributed by atoms with van der Waals surface area (Å²) in [6.45, 7) is 0.516. The van der Waals surface area contributed by atoms with Crippen LogP contribution in [0.1, 0.15) is 6.42 Å². The Kier molecular flexibility index (Phi) is 5.43. The van der Waals surface area contributed by atoms with Gasteiger partial charge in [0, 0.05) is 10.6 Å². The van der Waals surface area contributed by atoms with E-state index in [1.54, 1.807) is 6.07 Å². The van der Waals surface area contributed by atoms with Gasteiger partial charge in [0.05, 0.1) is 22.4 Å². The maximum atomic E-state index is 12.0. The van der Waals surface area contributed by atoms with Gasteiger partial charge in [-0.1, -0.05) is 41.9 Å². The van der Waals surface area contributed by atoms with Crippen molar-refractivity contribution in [3.8, 4) is 5.75 Å². The number of hydrogen-bond acceptors (Lipinski definition) is 2. The zero-order valence-electron chi connectivity index (χ0n) is 10.4. The normalized spacial score (nSPS) is 12.1. The third-order valence-corrected chi connectivity index (χ3v) is 4.34. The Balaban J connectivity index is 1.76. The van der Waals surface area contributed by atoms with Crippen molar-refractivity contribution in [2.24, 2.45) is 0 Å². The number of halogens is 1. The first-order chi connectivity index (χ1) is 9.27. The van der Waals surface area contributed by atoms with Crippen LogP contribution in [0.4, 0.5) is 0 Å². The summed E-state index contributed by atoms with van der Waals surface area (Å²) in [6.07, 6.45) is 0.729. The van der Waals surface area contributed by atoms with E-state index >= 15 is 0 Å². The van der Waals surface area contributed by atoms with Crippen molar-refractivity contribution in [1.82, 2.24) is 0 Å². The minimum atomic E-state index is -0.960. The second-order valence-corrected chi connectivity index (χ2v) is 5.97. The third-order valence-electron chi connectivity index (χ3n) is 2.57. The summed E-state index contributed by atoms with van der Waals surface area (Å²) in [4.78, 5) is 0.861. The number of ether oxygens (including phenoxy) is 1. The van der Waals surface area contributed by atoms with E-state index < -0.39 is 10.8 Å². The number of hydrogen-bond donors (Lipinski definition) is 0. The molecule has 0 saturated heterocycles. The van der Waals surface area contributed by atoms with Crippen LogP contribution in [-0.4, -0.2) is 16.6 Å². The quantitative estimate of drug-likeness (QED) is 0.755. The zero-order chi connectivity index (χ0) is 13.5. The highest BCUT2D eigenvalue weighted by Gasteiger charge is 2.04. The highest BCUT2D eigenvalue weighted by Crippen LogP contribution is 2.23. The zero-order valence-corrected chi connectivity index (χ0v) is 12.0. The van der Waals surface area contributed by atoms with Crippen LogP contribution in [0.5, 0.6) is 5.75 Å². The first kappa shape index (κ1) is 14.1. The second kappa shape index (κ2) is 7.31. The molecule has 1 atom stereocenters. The number of rotatable bonds is 6. The van der Waals surface area contributed by atoms with E-state index in [2.05, 4.69) is 0 Å². The van der Waals surface area contributed by atoms with E-state index in [1.165, 1.54) is 0 Å². The van der Waals surface area contributed by atoms with Crippen LogP contribution < -0.4 is 4.74 Å². The summed E-state index contributed by atoms with van der Waals surface area (Å²) in [7, 11) is -0.960. The molecule has 1 unspecified atom stereocenters. The van der Waals surface area contributed by atoms with Crippen LogP contribution in [0.25, 0.3) is 0 Å². The molecular weight excluding hydrogens is 280 g/mol. The maximum absolute atomic E-state index is 12.0. The molecule has 0 amide bonds. The van der Waals surface area contributed by atoms with Gasteiger partial charge in [0.2, 0.25) is 0 Å². The van der Waals surface area contributed by atoms with Crippen LogP contribution in [0.15, 0.2) is 59.5 Å². The molecule has 0 aromatic heterocycles. The minimum absolute atomic E-state index is 0.516. The monoisotopic (exact) mass is 294 g/mol. The summed E-state index contributed by atoms with van der Waals surface area (Å²) in [5.41, 5.74) is 0. The van der Waals surface area contributed by atoms with Crippen LogP contribution in [-0.2, 0) is 10.8 Å². The van der Waals surface area contributed by atoms with E-state index in [0.29, 0.717) is 23.1 Å². The molecule has 0 aliphatic heterocycles. The third kappa shape index (κ3) is 4.37. The lowest BCUT2D eigenvalue weighted by atomic mass is 10.3. The molecule has 2 rings (SSSR count). The first-order valence-corrected chi connectivity index (χ1v) is 7.78. The van der Waals surface area contributed by atoms with Gasteiger partial charge in [-0.25, -0.2) is 0 Å². The molecule has 2 aromatic rings. The summed E-state index contributed by atoms with van der Waals surface area (Å²) in [6, 6.07) is 16.8. The van der Waals surface area contributed by atoms with Gasteiger partial charge in [-0.05, 0) is 30.7 Å². The topological polar surface area (TPSA) is 26.3 Å². The molecule has 2 nitrogen and oxygen atoms in total. The van der Waals surface area contributed by atoms with E-state index in [0.717, 1.165) is 11.3 Å². The van der Waals surface area contributed by atoms with Gasteiger partial charge < -0.3 is 4.74 Å². The lowest BCUT2D eigenvalue weighted by molar-refractivity contribution is 0.318. The number of para-hydroxylation sites is 1. The Morgan fingerprint density at radius 3 is 2.42 bits per heavy atom. The minimum Gasteiger partial charge on any atom is -0.492 e. The lowest BCUT2D eigenvalue weighted by Gasteiger charge is -2.07. The maximum Gasteiger partial charge on any atom is 0.137 e. The van der Waals surface area contributed by atoms with Gasteiger partial charge in [-0.15, -0.1) is 0 Å². The van der Waals surface area contributed by atoms with Crippen molar-refractivity contribution in [2.75, 3.05) is 12.4 Å². The SMILES string of the molecule is O=S(CCCOc1ccccc1Cl)c1ccccc1. The van der Waals surface area contributed by atoms with Crippen LogP contribution >= 0.6 is 11.6 Å². The van der Waals surface area contributed by atoms with Gasteiger partial charge in [0.15, 0.2) is 0 Å². The second-order valence-electron chi connectivity index (χ2n) is 4.00. The molecule has 0 radical (unpaired) electrons. The Morgan fingerprint density at radius 1 is 1.00 bits per heavy atom. The number of benzene rings is 2. The van der Waals surface area contributed by atoms with E-state index in [9.17, 15) is 4.21 Å². The fourth-order valence-electron chi connectivity index (χ4n) is 1.62. The first-order valence-electron chi connectivity index (χ1n) is 6.08. The van der Waals surface area contributed by atoms with Crippen molar-refractivity contribution in [2.45, 2.75) is 11.3 Å². The summed E-state index contributed by atoms with van der Waals surface area (Å²) in [5, 5.41) is 0.603. The molecule has 0 aliphatic rings. The van der Waals surface area contributed by atoms with Gasteiger partial charge in [0.25, 0.3) is 0 Å². The Hall–Kier alpha value is -1.32. The van der Waals surface area contributed by atoms with Crippen molar-refractivity contribution < 1.29 is 8.95 Å². The van der Waals surface area contributed by atoms with Crippen LogP contribution in [0.3, 0.4) is 0 Å². The highest BCUT2D eigenvalue weighted by molar-refractivity contribution is 7.85. The molecule has 0 aliphatic carbocycles. The largest absolute Gasteiger partial charge is 0.492 e. The fraction of sp³-hybridized carbons (Fsp3) is 0.200. The van der Waals surface area contributed by atoms with E-state index in [-0.39, 0.29) is 0 Å². The molecule has 0 bridgehead atoms. The fourth-order valence-corrected chi connectivity index (χ4v) is 2.89. The summed E-state index contributed by atoms with van der Waals surface area (Å²) in [5.74, 6) is 1.27. The van der Waals surface area contributed by atoms with E-state index in [1.807, 2.05) is 48.5 Å². The van der Waals surface area contributed by atoms with Crippen LogP contribution in [0.2, 0.25) is 5.02 Å². The average Bonchev–Trinajstić information content (AvgIpc) is 2.46. The summed E-state index contributed by atoms with van der Waals surface area (Å²) >= 11 is 5.98. The molecule has 4 heteroatoms. The molecule has 0 saturated carbocycles. The highest BCUT2D eigenvalue weighted by atomic mass is 35.5. The van der Waals surface area contributed by atoms with Crippen LogP contribution in [0, 0.1) is 0 Å².